The van der Waals surface area contributed by atoms with E-state index in [1.165, 1.54) is 18.5 Å². The Labute approximate surface area is 162 Å². The number of nitrogens with zero attached hydrogens (tertiary/aromatic N) is 2. The summed E-state index contributed by atoms with van der Waals surface area (Å²) in [5, 5.41) is 14.1. The number of rotatable bonds is 7. The summed E-state index contributed by atoms with van der Waals surface area (Å²) < 4.78 is 39.9. The molecule has 150 valence electrons. The summed E-state index contributed by atoms with van der Waals surface area (Å²) in [6.07, 6.45) is -0.0696. The Morgan fingerprint density at radius 3 is 2.22 bits per heavy atom. The van der Waals surface area contributed by atoms with Crippen LogP contribution < -0.4 is 0 Å². The van der Waals surface area contributed by atoms with Gasteiger partial charge >= 0.3 is 6.18 Å². The lowest BCUT2D eigenvalue weighted by atomic mass is 9.73. The van der Waals surface area contributed by atoms with Crippen LogP contribution in [0.3, 0.4) is 0 Å². The van der Waals surface area contributed by atoms with Gasteiger partial charge in [0.05, 0.1) is 17.7 Å². The van der Waals surface area contributed by atoms with Crippen LogP contribution in [0.15, 0.2) is 30.6 Å². The Morgan fingerprint density at radius 2 is 1.74 bits per heavy atom. The van der Waals surface area contributed by atoms with Crippen molar-refractivity contribution in [1.82, 2.24) is 14.8 Å². The fourth-order valence-electron chi connectivity index (χ4n) is 2.95. The number of aromatic amines is 1. The van der Waals surface area contributed by atoms with E-state index in [2.05, 4.69) is 10.1 Å². The lowest BCUT2D eigenvalue weighted by Crippen LogP contribution is -2.46. The van der Waals surface area contributed by atoms with Gasteiger partial charge in [0.2, 0.25) is 4.77 Å². The van der Waals surface area contributed by atoms with Gasteiger partial charge < -0.3 is 5.11 Å². The second-order valence-electron chi connectivity index (χ2n) is 7.94. The van der Waals surface area contributed by atoms with Gasteiger partial charge in [-0.1, -0.05) is 39.3 Å². The molecule has 1 aromatic carbocycles. The van der Waals surface area contributed by atoms with Crippen LogP contribution in [0.2, 0.25) is 0 Å². The van der Waals surface area contributed by atoms with Gasteiger partial charge in [-0.25, -0.2) is 4.98 Å². The second-order valence-corrected chi connectivity index (χ2v) is 8.30. The van der Waals surface area contributed by atoms with Crippen molar-refractivity contribution in [1.29, 1.82) is 0 Å². The van der Waals surface area contributed by atoms with Crippen molar-refractivity contribution in [2.24, 2.45) is 5.41 Å². The monoisotopic (exact) mass is 401 g/mol. The number of alkyl halides is 3. The number of hydrogen-bond acceptors (Lipinski definition) is 3. The Hall–Kier alpha value is -1.67. The molecular formula is C19H26F3N3OS. The number of aromatic nitrogens is 3. The molecule has 2 rings (SSSR count). The van der Waals surface area contributed by atoms with Crippen LogP contribution in [0.5, 0.6) is 0 Å². The van der Waals surface area contributed by atoms with Crippen LogP contribution in [0.1, 0.15) is 51.2 Å². The molecule has 0 saturated carbocycles. The number of nitrogens with one attached hydrogen (secondary N) is 1. The Kier molecular flexibility index (Phi) is 6.52. The first kappa shape index (κ1) is 21.6. The highest BCUT2D eigenvalue weighted by Crippen LogP contribution is 2.36. The number of halogens is 3. The molecule has 0 bridgehead atoms. The zero-order valence-electron chi connectivity index (χ0n) is 15.8. The summed E-state index contributed by atoms with van der Waals surface area (Å²) in [6.45, 7) is 6.24. The molecule has 0 radical (unpaired) electrons. The summed E-state index contributed by atoms with van der Waals surface area (Å²) in [4.78, 5) is 3.97. The molecular weight excluding hydrogens is 375 g/mol. The number of aliphatic hydroxyl groups is 1. The third kappa shape index (κ3) is 5.65. The second kappa shape index (κ2) is 8.14. The minimum atomic E-state index is -4.31. The van der Waals surface area contributed by atoms with Gasteiger partial charge in [-0.15, -0.1) is 0 Å². The van der Waals surface area contributed by atoms with Crippen molar-refractivity contribution < 1.29 is 18.3 Å². The number of benzene rings is 1. The van der Waals surface area contributed by atoms with E-state index in [4.69, 9.17) is 12.2 Å². The number of hydrogen-bond donors (Lipinski definition) is 2. The average Bonchev–Trinajstić information content (AvgIpc) is 2.95. The average molecular weight is 401 g/mol. The lowest BCUT2D eigenvalue weighted by molar-refractivity contribution is -0.137. The number of H-pyrrole nitrogens is 1. The predicted octanol–water partition coefficient (Wildman–Crippen LogP) is 5.15. The van der Waals surface area contributed by atoms with Gasteiger partial charge in [-0.05, 0) is 54.6 Å². The summed E-state index contributed by atoms with van der Waals surface area (Å²) in [5.41, 5.74) is -1.14. The van der Waals surface area contributed by atoms with E-state index in [1.807, 2.05) is 20.8 Å². The van der Waals surface area contributed by atoms with E-state index in [-0.39, 0.29) is 5.41 Å². The van der Waals surface area contributed by atoms with Gasteiger partial charge in [-0.2, -0.15) is 13.2 Å². The van der Waals surface area contributed by atoms with E-state index in [1.54, 1.807) is 4.68 Å². The van der Waals surface area contributed by atoms with Gasteiger partial charge in [0.1, 0.15) is 6.33 Å². The van der Waals surface area contributed by atoms with Crippen LogP contribution in [-0.4, -0.2) is 25.5 Å². The largest absolute Gasteiger partial charge is 0.416 e. The molecule has 0 aliphatic rings. The number of unbranched alkanes of at least 4 members (excludes halogenated alkanes) is 1. The van der Waals surface area contributed by atoms with Crippen molar-refractivity contribution in [3.63, 3.8) is 0 Å². The first-order chi connectivity index (χ1) is 12.4. The maximum atomic E-state index is 12.6. The minimum Gasteiger partial charge on any atom is -0.387 e. The van der Waals surface area contributed by atoms with E-state index in [9.17, 15) is 18.3 Å². The molecule has 4 nitrogen and oxygen atoms in total. The van der Waals surface area contributed by atoms with Crippen LogP contribution in [-0.2, 0) is 19.1 Å². The molecule has 0 aliphatic heterocycles. The molecule has 1 heterocycles. The van der Waals surface area contributed by atoms with Crippen LogP contribution in [0.25, 0.3) is 0 Å². The van der Waals surface area contributed by atoms with Crippen molar-refractivity contribution >= 4 is 12.2 Å². The van der Waals surface area contributed by atoms with Gasteiger partial charge in [-0.3, -0.25) is 9.78 Å². The molecule has 27 heavy (non-hydrogen) atoms. The molecule has 2 aromatic rings. The zero-order chi connectivity index (χ0) is 20.3. The van der Waals surface area contributed by atoms with Crippen molar-refractivity contribution in [2.45, 2.75) is 64.8 Å². The highest BCUT2D eigenvalue weighted by atomic mass is 32.1. The highest BCUT2D eigenvalue weighted by molar-refractivity contribution is 7.71. The first-order valence-electron chi connectivity index (χ1n) is 8.91. The van der Waals surface area contributed by atoms with Crippen molar-refractivity contribution in [3.8, 4) is 0 Å². The molecule has 1 aromatic heterocycles. The molecule has 0 fully saturated rings. The SMILES string of the molecule is CC(C)(C)C(O)(CCCCc1ccc(C(F)(F)F)cc1)Cn1[nH]cnc1=S. The van der Waals surface area contributed by atoms with Gasteiger partial charge in [0.25, 0.3) is 0 Å². The molecule has 1 atom stereocenters. The normalized spacial score (nSPS) is 14.9. The van der Waals surface area contributed by atoms with Gasteiger partial charge in [0.15, 0.2) is 0 Å². The first-order valence-corrected chi connectivity index (χ1v) is 9.32. The van der Waals surface area contributed by atoms with Crippen molar-refractivity contribution in [2.75, 3.05) is 0 Å². The molecule has 8 heteroatoms. The van der Waals surface area contributed by atoms with E-state index in [0.717, 1.165) is 30.5 Å². The predicted molar refractivity (Wildman–Crippen MR) is 101 cm³/mol. The maximum Gasteiger partial charge on any atom is 0.416 e. The molecule has 0 saturated heterocycles. The van der Waals surface area contributed by atoms with Crippen molar-refractivity contribution in [3.05, 3.63) is 46.5 Å². The molecule has 0 aliphatic carbocycles. The third-order valence-corrected chi connectivity index (χ3v) is 5.35. The highest BCUT2D eigenvalue weighted by Gasteiger charge is 2.40. The summed E-state index contributed by atoms with van der Waals surface area (Å²) >= 11 is 5.14. The van der Waals surface area contributed by atoms with E-state index >= 15 is 0 Å². The minimum absolute atomic E-state index is 0.315. The third-order valence-electron chi connectivity index (χ3n) is 5.02. The lowest BCUT2D eigenvalue weighted by Gasteiger charge is -2.40. The Balaban J connectivity index is 1.94. The topological polar surface area (TPSA) is 53.8 Å². The summed E-state index contributed by atoms with van der Waals surface area (Å²) in [6, 6.07) is 5.26. The zero-order valence-corrected chi connectivity index (χ0v) is 16.6. The Bertz CT molecular complexity index is 790. The number of aryl methyl sites for hydroxylation is 1. The van der Waals surface area contributed by atoms with E-state index in [0.29, 0.717) is 24.2 Å². The standard InChI is InChI=1S/C19H26F3N3OS/c1-17(2,3)18(26,12-25-16(27)23-13-24-25)11-5-4-6-14-7-9-15(10-8-14)19(20,21)22/h7-10,13,26H,4-6,11-12H2,1-3H3,(H,23,24,27). The van der Waals surface area contributed by atoms with E-state index < -0.39 is 17.3 Å². The molecule has 2 N–H and O–H groups in total. The smallest absolute Gasteiger partial charge is 0.387 e. The maximum absolute atomic E-state index is 12.6. The molecule has 0 spiro atoms. The summed E-state index contributed by atoms with van der Waals surface area (Å²) in [7, 11) is 0. The van der Waals surface area contributed by atoms with Crippen LogP contribution in [0.4, 0.5) is 13.2 Å². The molecule has 0 amide bonds. The fourth-order valence-corrected chi connectivity index (χ4v) is 3.12. The van der Waals surface area contributed by atoms with Crippen LogP contribution in [0, 0.1) is 10.2 Å². The quantitative estimate of drug-likeness (QED) is 0.498. The summed E-state index contributed by atoms with van der Waals surface area (Å²) in [5.74, 6) is 0. The fraction of sp³-hybridized carbons (Fsp3) is 0.579. The molecule has 1 unspecified atom stereocenters. The van der Waals surface area contributed by atoms with Gasteiger partial charge in [0, 0.05) is 0 Å². The van der Waals surface area contributed by atoms with Crippen LogP contribution >= 0.6 is 12.2 Å². The Morgan fingerprint density at radius 1 is 1.11 bits per heavy atom.